The van der Waals surface area contributed by atoms with Crippen LogP contribution in [0.4, 0.5) is 5.82 Å². The van der Waals surface area contributed by atoms with Crippen LogP contribution in [0.1, 0.15) is 71.8 Å². The molecular formula is C18H31N3O. The Kier molecular flexibility index (Phi) is 5.43. The first-order valence-corrected chi connectivity index (χ1v) is 8.57. The van der Waals surface area contributed by atoms with Crippen LogP contribution in [0.15, 0.2) is 6.07 Å². The number of hydrogen-bond acceptors (Lipinski definition) is 4. The first kappa shape index (κ1) is 17.2. The molecule has 0 aromatic carbocycles. The van der Waals surface area contributed by atoms with E-state index in [-0.39, 0.29) is 5.41 Å². The average Bonchev–Trinajstić information content (AvgIpc) is 2.46. The molecule has 0 amide bonds. The fourth-order valence-electron chi connectivity index (χ4n) is 2.78. The standard InChI is InChI=1S/C18H31N3O/c1-7-22-14-9-8-10-21(12-14)16-11-15(18(4,5)6)19-17(20-16)13(2)3/h11,13-14H,7-10,12H2,1-6H3. The lowest BCUT2D eigenvalue weighted by atomic mass is 9.91. The summed E-state index contributed by atoms with van der Waals surface area (Å²) in [5.41, 5.74) is 1.16. The minimum atomic E-state index is 0.0381. The van der Waals surface area contributed by atoms with Gasteiger partial charge < -0.3 is 9.64 Å². The topological polar surface area (TPSA) is 38.2 Å². The largest absolute Gasteiger partial charge is 0.377 e. The Balaban J connectivity index is 2.31. The highest BCUT2D eigenvalue weighted by atomic mass is 16.5. The molecule has 1 aromatic heterocycles. The molecule has 1 aromatic rings. The van der Waals surface area contributed by atoms with E-state index in [1.165, 1.54) is 0 Å². The minimum absolute atomic E-state index is 0.0381. The van der Waals surface area contributed by atoms with Crippen LogP contribution < -0.4 is 4.90 Å². The Labute approximate surface area is 135 Å². The first-order chi connectivity index (χ1) is 10.3. The normalized spacial score (nSPS) is 19.8. The monoisotopic (exact) mass is 305 g/mol. The minimum Gasteiger partial charge on any atom is -0.377 e. The summed E-state index contributed by atoms with van der Waals surface area (Å²) in [5.74, 6) is 2.35. The lowest BCUT2D eigenvalue weighted by Crippen LogP contribution is -2.40. The SMILES string of the molecule is CCOC1CCCN(c2cc(C(C)(C)C)nc(C(C)C)n2)C1. The van der Waals surface area contributed by atoms with Gasteiger partial charge in [0.2, 0.25) is 0 Å². The molecule has 124 valence electrons. The van der Waals surface area contributed by atoms with E-state index in [9.17, 15) is 0 Å². The van der Waals surface area contributed by atoms with Gasteiger partial charge in [-0.3, -0.25) is 0 Å². The predicted molar refractivity (Wildman–Crippen MR) is 91.7 cm³/mol. The molecular weight excluding hydrogens is 274 g/mol. The molecule has 1 unspecified atom stereocenters. The fraction of sp³-hybridized carbons (Fsp3) is 0.778. The van der Waals surface area contributed by atoms with Crippen LogP contribution >= 0.6 is 0 Å². The second kappa shape index (κ2) is 6.95. The average molecular weight is 305 g/mol. The number of aromatic nitrogens is 2. The Bertz CT molecular complexity index is 492. The van der Waals surface area contributed by atoms with Crippen molar-refractivity contribution in [2.75, 3.05) is 24.6 Å². The van der Waals surface area contributed by atoms with Crippen molar-refractivity contribution in [3.63, 3.8) is 0 Å². The summed E-state index contributed by atoms with van der Waals surface area (Å²) >= 11 is 0. The zero-order chi connectivity index (χ0) is 16.3. The molecule has 2 heterocycles. The van der Waals surface area contributed by atoms with Crippen LogP contribution in [-0.4, -0.2) is 35.8 Å². The van der Waals surface area contributed by atoms with Gasteiger partial charge in [-0.1, -0.05) is 34.6 Å². The highest BCUT2D eigenvalue weighted by Crippen LogP contribution is 2.27. The van der Waals surface area contributed by atoms with Crippen LogP contribution in [0.2, 0.25) is 0 Å². The van der Waals surface area contributed by atoms with Crippen molar-refractivity contribution in [1.29, 1.82) is 0 Å². The third-order valence-corrected chi connectivity index (χ3v) is 4.12. The molecule has 22 heavy (non-hydrogen) atoms. The summed E-state index contributed by atoms with van der Waals surface area (Å²) in [6.45, 7) is 15.8. The zero-order valence-electron chi connectivity index (χ0n) is 15.0. The van der Waals surface area contributed by atoms with Gasteiger partial charge in [-0.2, -0.15) is 0 Å². The molecule has 0 bridgehead atoms. The molecule has 1 aliphatic rings. The first-order valence-electron chi connectivity index (χ1n) is 8.57. The van der Waals surface area contributed by atoms with Crippen LogP contribution in [0.25, 0.3) is 0 Å². The number of ether oxygens (including phenoxy) is 1. The van der Waals surface area contributed by atoms with Gasteiger partial charge in [0.1, 0.15) is 11.6 Å². The van der Waals surface area contributed by atoms with E-state index in [0.717, 1.165) is 49.9 Å². The molecule has 1 atom stereocenters. The van der Waals surface area contributed by atoms with Crippen molar-refractivity contribution in [3.05, 3.63) is 17.6 Å². The van der Waals surface area contributed by atoms with Gasteiger partial charge in [0.25, 0.3) is 0 Å². The predicted octanol–water partition coefficient (Wildman–Crippen LogP) is 3.90. The number of anilines is 1. The number of piperidine rings is 1. The van der Waals surface area contributed by atoms with Gasteiger partial charge in [0.15, 0.2) is 0 Å². The summed E-state index contributed by atoms with van der Waals surface area (Å²) < 4.78 is 5.82. The molecule has 1 fully saturated rings. The van der Waals surface area contributed by atoms with Gasteiger partial charge in [-0.05, 0) is 19.8 Å². The fourth-order valence-corrected chi connectivity index (χ4v) is 2.78. The summed E-state index contributed by atoms with van der Waals surface area (Å²) in [6.07, 6.45) is 2.64. The van der Waals surface area contributed by atoms with E-state index >= 15 is 0 Å². The Morgan fingerprint density at radius 3 is 2.64 bits per heavy atom. The van der Waals surface area contributed by atoms with Crippen molar-refractivity contribution in [3.8, 4) is 0 Å². The molecule has 1 aliphatic heterocycles. The van der Waals surface area contributed by atoms with Crippen LogP contribution in [0.5, 0.6) is 0 Å². The van der Waals surface area contributed by atoms with Crippen molar-refractivity contribution >= 4 is 5.82 Å². The number of rotatable bonds is 4. The highest BCUT2D eigenvalue weighted by molar-refractivity contribution is 5.42. The van der Waals surface area contributed by atoms with E-state index in [4.69, 9.17) is 14.7 Å². The Morgan fingerprint density at radius 2 is 2.05 bits per heavy atom. The van der Waals surface area contributed by atoms with E-state index in [1.54, 1.807) is 0 Å². The van der Waals surface area contributed by atoms with Crippen molar-refractivity contribution in [2.45, 2.75) is 71.8 Å². The quantitative estimate of drug-likeness (QED) is 0.845. The molecule has 2 rings (SSSR count). The van der Waals surface area contributed by atoms with Crippen molar-refractivity contribution < 1.29 is 4.74 Å². The zero-order valence-corrected chi connectivity index (χ0v) is 15.0. The van der Waals surface area contributed by atoms with Crippen LogP contribution in [0, 0.1) is 0 Å². The number of hydrogen-bond donors (Lipinski definition) is 0. The summed E-state index contributed by atoms with van der Waals surface area (Å²) in [7, 11) is 0. The maximum absolute atomic E-state index is 5.82. The van der Waals surface area contributed by atoms with Crippen LogP contribution in [-0.2, 0) is 10.2 Å². The third-order valence-electron chi connectivity index (χ3n) is 4.12. The molecule has 4 heteroatoms. The van der Waals surface area contributed by atoms with E-state index < -0.39 is 0 Å². The summed E-state index contributed by atoms with van der Waals surface area (Å²) in [5, 5.41) is 0. The maximum Gasteiger partial charge on any atom is 0.133 e. The van der Waals surface area contributed by atoms with Crippen LogP contribution in [0.3, 0.4) is 0 Å². The second-order valence-corrected chi connectivity index (χ2v) is 7.54. The molecule has 0 saturated carbocycles. The molecule has 1 saturated heterocycles. The van der Waals surface area contributed by atoms with Gasteiger partial charge in [-0.15, -0.1) is 0 Å². The van der Waals surface area contributed by atoms with Gasteiger partial charge >= 0.3 is 0 Å². The van der Waals surface area contributed by atoms with Crippen molar-refractivity contribution in [2.24, 2.45) is 0 Å². The molecule has 0 radical (unpaired) electrons. The molecule has 0 aliphatic carbocycles. The van der Waals surface area contributed by atoms with Gasteiger partial charge in [-0.25, -0.2) is 9.97 Å². The lowest BCUT2D eigenvalue weighted by Gasteiger charge is -2.34. The number of nitrogens with zero attached hydrogens (tertiary/aromatic N) is 3. The van der Waals surface area contributed by atoms with E-state index in [1.807, 2.05) is 0 Å². The summed E-state index contributed by atoms with van der Waals surface area (Å²) in [4.78, 5) is 12.0. The van der Waals surface area contributed by atoms with Gasteiger partial charge in [0.05, 0.1) is 11.8 Å². The van der Waals surface area contributed by atoms with E-state index in [0.29, 0.717) is 12.0 Å². The van der Waals surface area contributed by atoms with Gasteiger partial charge in [0, 0.05) is 37.1 Å². The Morgan fingerprint density at radius 1 is 1.32 bits per heavy atom. The Hall–Kier alpha value is -1.16. The smallest absolute Gasteiger partial charge is 0.133 e. The summed E-state index contributed by atoms with van der Waals surface area (Å²) in [6, 6.07) is 2.17. The second-order valence-electron chi connectivity index (χ2n) is 7.54. The molecule has 4 nitrogen and oxygen atoms in total. The highest BCUT2D eigenvalue weighted by Gasteiger charge is 2.24. The van der Waals surface area contributed by atoms with Crippen molar-refractivity contribution in [1.82, 2.24) is 9.97 Å². The lowest BCUT2D eigenvalue weighted by molar-refractivity contribution is 0.0525. The molecule has 0 N–H and O–H groups in total. The van der Waals surface area contributed by atoms with E-state index in [2.05, 4.69) is 52.5 Å². The third kappa shape index (κ3) is 4.19. The maximum atomic E-state index is 5.82. The molecule has 0 spiro atoms.